The maximum absolute atomic E-state index is 13.0. The van der Waals surface area contributed by atoms with Gasteiger partial charge < -0.3 is 39.1 Å². The SMILES string of the molecule is COc1cc2cc(c1)COc1cccnc1NC(=O)C(CCCCCC(=O)NO)OCCC2.COc1cc2cc(c1)COc1ccncc1NC(=O)C(CCCCCC(=O)NO)OCCC2. The van der Waals surface area contributed by atoms with E-state index in [0.29, 0.717) is 88.0 Å². The van der Waals surface area contributed by atoms with Gasteiger partial charge >= 0.3 is 0 Å². The zero-order valence-corrected chi connectivity index (χ0v) is 37.7. The highest BCUT2D eigenvalue weighted by Crippen LogP contribution is 2.28. The van der Waals surface area contributed by atoms with Crippen LogP contribution in [0.3, 0.4) is 0 Å². The van der Waals surface area contributed by atoms with Crippen molar-refractivity contribution in [2.45, 2.75) is 115 Å². The van der Waals surface area contributed by atoms with Gasteiger partial charge in [0.2, 0.25) is 11.8 Å². The molecule has 6 rings (SSSR count). The maximum atomic E-state index is 13.0. The molecule has 356 valence electrons. The smallest absolute Gasteiger partial charge is 0.254 e. The van der Waals surface area contributed by atoms with E-state index in [4.69, 9.17) is 38.8 Å². The van der Waals surface area contributed by atoms with Gasteiger partial charge in [-0.15, -0.1) is 0 Å². The number of unbranched alkanes of at least 4 members (excludes halogenated alkanes) is 4. The molecule has 2 atom stereocenters. The number of hydrogen-bond acceptors (Lipinski definition) is 14. The van der Waals surface area contributed by atoms with Crippen LogP contribution in [0.1, 0.15) is 99.3 Å². The standard InChI is InChI=1S/2C24H31N3O6/c1-31-19-14-17-7-6-12-32-21(8-3-2-4-10-22(28)27-30)24(29)26-23-20(9-5-11-25-23)33-16-18(13-17)15-19;1-31-19-13-17-6-5-11-32-22(7-3-2-4-8-23(28)27-30)24(29)26-20-15-25-10-9-21(20)33-16-18(12-17)14-19/h5,9,11,13-15,21,30H,2-4,6-8,10,12,16H2,1H3,(H,27,28)(H,25,26,29);9-10,12-15,22,30H,2-8,11,16H2,1H3,(H,26,29)(H,27,28). The summed E-state index contributed by atoms with van der Waals surface area (Å²) in [5.74, 6) is 1.53. The fourth-order valence-corrected chi connectivity index (χ4v) is 7.36. The monoisotopic (exact) mass is 914 g/mol. The Kier molecular flexibility index (Phi) is 21.4. The average Bonchev–Trinajstić information content (AvgIpc) is 3.33. The van der Waals surface area contributed by atoms with Gasteiger partial charge in [0.15, 0.2) is 11.6 Å². The predicted molar refractivity (Wildman–Crippen MR) is 243 cm³/mol. The molecule has 4 bridgehead atoms. The van der Waals surface area contributed by atoms with Crippen molar-refractivity contribution in [3.63, 3.8) is 0 Å². The second-order valence-corrected chi connectivity index (χ2v) is 15.9. The van der Waals surface area contributed by atoms with Crippen molar-refractivity contribution in [1.82, 2.24) is 20.9 Å². The Hall–Kier alpha value is -6.34. The van der Waals surface area contributed by atoms with Crippen LogP contribution in [0, 0.1) is 0 Å². The number of nitrogens with one attached hydrogen (secondary N) is 4. The van der Waals surface area contributed by atoms with Crippen LogP contribution in [0.2, 0.25) is 0 Å². The van der Waals surface area contributed by atoms with Gasteiger partial charge in [-0.2, -0.15) is 0 Å². The van der Waals surface area contributed by atoms with Gasteiger partial charge in [0.05, 0.1) is 20.4 Å². The van der Waals surface area contributed by atoms with Crippen LogP contribution < -0.4 is 40.5 Å². The lowest BCUT2D eigenvalue weighted by Crippen LogP contribution is -2.31. The fourth-order valence-electron chi connectivity index (χ4n) is 7.36. The lowest BCUT2D eigenvalue weighted by molar-refractivity contribution is -0.130. The number of carbonyl (C=O) groups is 4. The quantitative estimate of drug-likeness (QED) is 0.0434. The molecular formula is C48H62N6O12. The number of carbonyl (C=O) groups excluding carboxylic acids is 4. The number of amides is 4. The Morgan fingerprint density at radius 1 is 0.682 bits per heavy atom. The maximum Gasteiger partial charge on any atom is 0.254 e. The summed E-state index contributed by atoms with van der Waals surface area (Å²) < 4.78 is 34.8. The van der Waals surface area contributed by atoms with Gasteiger partial charge in [0.25, 0.3) is 11.8 Å². The normalized spacial score (nSPS) is 16.5. The molecule has 66 heavy (non-hydrogen) atoms. The van der Waals surface area contributed by atoms with Crippen molar-refractivity contribution in [2.24, 2.45) is 0 Å². The predicted octanol–water partition coefficient (Wildman–Crippen LogP) is 6.79. The second kappa shape index (κ2) is 27.9. The van der Waals surface area contributed by atoms with Crippen LogP contribution in [0.25, 0.3) is 0 Å². The molecule has 2 unspecified atom stereocenters. The molecule has 0 saturated heterocycles. The molecular weight excluding hydrogens is 853 g/mol. The highest BCUT2D eigenvalue weighted by atomic mass is 16.5. The summed E-state index contributed by atoms with van der Waals surface area (Å²) in [6.45, 7) is 1.52. The van der Waals surface area contributed by atoms with Crippen molar-refractivity contribution >= 4 is 35.1 Å². The molecule has 0 fully saturated rings. The first-order chi connectivity index (χ1) is 32.2. The molecule has 0 spiro atoms. The summed E-state index contributed by atoms with van der Waals surface area (Å²) >= 11 is 0. The molecule has 18 nitrogen and oxygen atoms in total. The number of pyridine rings is 2. The van der Waals surface area contributed by atoms with Gasteiger partial charge in [0.1, 0.15) is 48.4 Å². The minimum Gasteiger partial charge on any atom is -0.497 e. The van der Waals surface area contributed by atoms with E-state index in [1.54, 1.807) is 62.0 Å². The van der Waals surface area contributed by atoms with Crippen molar-refractivity contribution in [3.05, 3.63) is 95.4 Å². The molecule has 6 N–H and O–H groups in total. The first-order valence-electron chi connectivity index (χ1n) is 22.4. The van der Waals surface area contributed by atoms with Gasteiger partial charge in [0, 0.05) is 44.5 Å². The molecule has 18 heteroatoms. The number of ether oxygens (including phenoxy) is 6. The van der Waals surface area contributed by atoms with Crippen molar-refractivity contribution in [2.75, 3.05) is 38.1 Å². The lowest BCUT2D eigenvalue weighted by Gasteiger charge is -2.20. The minimum atomic E-state index is -0.643. The largest absolute Gasteiger partial charge is 0.497 e. The van der Waals surface area contributed by atoms with Crippen molar-refractivity contribution < 1.29 is 58.0 Å². The van der Waals surface area contributed by atoms with Crippen LogP contribution in [-0.4, -0.2) is 83.7 Å². The number of anilines is 2. The summed E-state index contributed by atoms with van der Waals surface area (Å²) in [4.78, 5) is 56.6. The Morgan fingerprint density at radius 3 is 1.76 bits per heavy atom. The lowest BCUT2D eigenvalue weighted by atomic mass is 10.1. The van der Waals surface area contributed by atoms with Crippen LogP contribution in [0.5, 0.6) is 23.0 Å². The number of hydrogen-bond donors (Lipinski definition) is 6. The zero-order valence-electron chi connectivity index (χ0n) is 37.7. The number of benzene rings is 2. The highest BCUT2D eigenvalue weighted by molar-refractivity contribution is 5.95. The third-order valence-corrected chi connectivity index (χ3v) is 10.8. The van der Waals surface area contributed by atoms with E-state index in [9.17, 15) is 19.2 Å². The number of fused-ring (bicyclic) bond motifs is 6. The molecule has 2 aromatic carbocycles. The topological polar surface area (TPSA) is 238 Å². The minimum absolute atomic E-state index is 0.241. The van der Waals surface area contributed by atoms with Crippen molar-refractivity contribution in [1.29, 1.82) is 0 Å². The van der Waals surface area contributed by atoms with Gasteiger partial charge in [-0.1, -0.05) is 37.8 Å². The summed E-state index contributed by atoms with van der Waals surface area (Å²) in [5.41, 5.74) is 7.91. The number of hydroxylamine groups is 2. The number of aryl methyl sites for hydroxylation is 2. The Labute approximate surface area is 385 Å². The van der Waals surface area contributed by atoms with Gasteiger partial charge in [-0.05, 0) is 110 Å². The van der Waals surface area contributed by atoms with Gasteiger partial charge in [-0.25, -0.2) is 15.9 Å². The third-order valence-electron chi connectivity index (χ3n) is 10.8. The summed E-state index contributed by atoms with van der Waals surface area (Å²) in [6, 6.07) is 17.3. The van der Waals surface area contributed by atoms with Gasteiger partial charge in [-0.3, -0.25) is 34.6 Å². The molecule has 0 aliphatic carbocycles. The van der Waals surface area contributed by atoms with Crippen LogP contribution in [0.15, 0.2) is 73.2 Å². The van der Waals surface area contributed by atoms with E-state index in [1.807, 2.05) is 24.3 Å². The van der Waals surface area contributed by atoms with Crippen LogP contribution in [-0.2, 0) is 54.7 Å². The van der Waals surface area contributed by atoms with Crippen LogP contribution in [0.4, 0.5) is 11.5 Å². The van der Waals surface area contributed by atoms with Crippen molar-refractivity contribution in [3.8, 4) is 23.0 Å². The van der Waals surface area contributed by atoms with Crippen LogP contribution >= 0.6 is 0 Å². The molecule has 2 aliphatic rings. The molecule has 4 heterocycles. The average molecular weight is 915 g/mol. The first-order valence-corrected chi connectivity index (χ1v) is 22.4. The Morgan fingerprint density at radius 2 is 1.21 bits per heavy atom. The molecule has 4 amide bonds. The molecule has 0 saturated carbocycles. The summed E-state index contributed by atoms with van der Waals surface area (Å²) in [5, 5.41) is 22.9. The number of nitrogens with zero attached hydrogens (tertiary/aromatic N) is 2. The Balaban J connectivity index is 0.000000247. The Bertz CT molecular complexity index is 2020. The number of methoxy groups -OCH3 is 2. The molecule has 4 aromatic rings. The summed E-state index contributed by atoms with van der Waals surface area (Å²) in [7, 11) is 3.28. The highest BCUT2D eigenvalue weighted by Gasteiger charge is 2.23. The molecule has 2 aliphatic heterocycles. The summed E-state index contributed by atoms with van der Waals surface area (Å²) in [6.07, 6.45) is 12.2. The molecule has 0 radical (unpaired) electrons. The van der Waals surface area contributed by atoms with E-state index < -0.39 is 24.0 Å². The van der Waals surface area contributed by atoms with E-state index in [-0.39, 0.29) is 24.7 Å². The number of aromatic nitrogens is 2. The zero-order chi connectivity index (χ0) is 46.9. The van der Waals surface area contributed by atoms with E-state index >= 15 is 0 Å². The van der Waals surface area contributed by atoms with E-state index in [1.165, 1.54) is 0 Å². The fraction of sp³-hybridized carbons (Fsp3) is 0.458. The van der Waals surface area contributed by atoms with E-state index in [0.717, 1.165) is 72.3 Å². The van der Waals surface area contributed by atoms with E-state index in [2.05, 4.69) is 32.7 Å². The number of rotatable bonds is 14. The second-order valence-electron chi connectivity index (χ2n) is 15.9. The molecule has 2 aromatic heterocycles. The third kappa shape index (κ3) is 17.2. The first kappa shape index (κ1) is 50.7.